The van der Waals surface area contributed by atoms with E-state index in [1.807, 2.05) is 0 Å². The lowest BCUT2D eigenvalue weighted by Crippen LogP contribution is -2.08. The fraction of sp³-hybridized carbons (Fsp3) is 0. The Morgan fingerprint density at radius 2 is 0.429 bits per heavy atom. The van der Waals surface area contributed by atoms with Gasteiger partial charge in [0.2, 0.25) is 0 Å². The molecule has 0 N–H and O–H groups in total. The average molecular weight is 891 g/mol. The van der Waals surface area contributed by atoms with Crippen LogP contribution in [0.15, 0.2) is 255 Å². The Morgan fingerprint density at radius 3 is 0.886 bits per heavy atom. The van der Waals surface area contributed by atoms with Crippen molar-refractivity contribution in [1.82, 2.24) is 18.3 Å². The van der Waals surface area contributed by atoms with Gasteiger partial charge >= 0.3 is 0 Å². The third-order valence-corrected chi connectivity index (χ3v) is 14.8. The summed E-state index contributed by atoms with van der Waals surface area (Å²) in [7, 11) is 0. The Hall–Kier alpha value is -9.38. The minimum atomic E-state index is 1.12. The molecule has 4 heteroatoms. The molecule has 4 nitrogen and oxygen atoms in total. The van der Waals surface area contributed by atoms with Crippen LogP contribution >= 0.6 is 0 Å². The molecule has 0 aliphatic heterocycles. The van der Waals surface area contributed by atoms with Crippen molar-refractivity contribution >= 4 is 109 Å². The molecule has 15 rings (SSSR count). The monoisotopic (exact) mass is 890 g/mol. The van der Waals surface area contributed by atoms with Crippen LogP contribution in [0.25, 0.3) is 132 Å². The summed E-state index contributed by atoms with van der Waals surface area (Å²) in [5, 5.41) is 14.6. The van der Waals surface area contributed by atoms with Crippen LogP contribution in [-0.2, 0) is 0 Å². The van der Waals surface area contributed by atoms with E-state index in [0.29, 0.717) is 0 Å². The second-order valence-electron chi connectivity index (χ2n) is 18.5. The zero-order valence-corrected chi connectivity index (χ0v) is 38.0. The maximum Gasteiger partial charge on any atom is 0.0709 e. The molecule has 0 unspecified atom stereocenters. The van der Waals surface area contributed by atoms with Gasteiger partial charge in [0.25, 0.3) is 0 Å². The van der Waals surface area contributed by atoms with Crippen molar-refractivity contribution in [2.24, 2.45) is 0 Å². The summed E-state index contributed by atoms with van der Waals surface area (Å²) in [5.41, 5.74) is 13.8. The first-order valence-electron chi connectivity index (χ1n) is 24.1. The van der Waals surface area contributed by atoms with Gasteiger partial charge in [0.05, 0.1) is 44.1 Å². The van der Waals surface area contributed by atoms with E-state index in [2.05, 4.69) is 273 Å². The van der Waals surface area contributed by atoms with Crippen molar-refractivity contribution in [3.8, 4) is 22.7 Å². The highest BCUT2D eigenvalue weighted by Crippen LogP contribution is 2.42. The SMILES string of the molecule is c1ccc(-n2c3ccccc3n(-c3ccccc3)c3cc4c5ccccc5c5cc(-n6c7ccccc7c7cc(-n8c9ccccc9c9ccccc98)ccc76)ccc5c5ccccc5c4cc32)cc1. The molecule has 0 saturated heterocycles. The predicted octanol–water partition coefficient (Wildman–Crippen LogP) is 17.5. The van der Waals surface area contributed by atoms with Gasteiger partial charge in [0.15, 0.2) is 0 Å². The van der Waals surface area contributed by atoms with Crippen molar-refractivity contribution in [2.45, 2.75) is 0 Å². The molecule has 3 aromatic heterocycles. The second-order valence-corrected chi connectivity index (χ2v) is 18.5. The highest BCUT2D eigenvalue weighted by Gasteiger charge is 2.20. The van der Waals surface area contributed by atoms with Crippen LogP contribution in [0.4, 0.5) is 0 Å². The fourth-order valence-corrected chi connectivity index (χ4v) is 11.8. The first kappa shape index (κ1) is 38.7. The van der Waals surface area contributed by atoms with Gasteiger partial charge in [-0.3, -0.25) is 0 Å². The molecule has 0 aliphatic carbocycles. The lowest BCUT2D eigenvalue weighted by atomic mass is 9.93. The molecular weight excluding hydrogens is 849 g/mol. The third-order valence-electron chi connectivity index (χ3n) is 14.8. The van der Waals surface area contributed by atoms with Crippen LogP contribution in [0.2, 0.25) is 0 Å². The second kappa shape index (κ2) is 15.1. The van der Waals surface area contributed by atoms with Gasteiger partial charge in [-0.25, -0.2) is 0 Å². The number of rotatable bonds is 4. The van der Waals surface area contributed by atoms with Crippen LogP contribution in [0.5, 0.6) is 0 Å². The molecule has 3 heterocycles. The van der Waals surface area contributed by atoms with E-state index in [1.54, 1.807) is 0 Å². The summed E-state index contributed by atoms with van der Waals surface area (Å²) in [4.78, 5) is 0. The molecule has 326 valence electrons. The summed E-state index contributed by atoms with van der Waals surface area (Å²) >= 11 is 0. The molecule has 0 amide bonds. The number of hydrogen-bond acceptors (Lipinski definition) is 0. The predicted molar refractivity (Wildman–Crippen MR) is 296 cm³/mol. The van der Waals surface area contributed by atoms with Gasteiger partial charge in [0.1, 0.15) is 0 Å². The third kappa shape index (κ3) is 5.59. The highest BCUT2D eigenvalue weighted by atomic mass is 15.1. The van der Waals surface area contributed by atoms with Gasteiger partial charge in [-0.05, 0) is 140 Å². The summed E-state index contributed by atoms with van der Waals surface area (Å²) in [6.45, 7) is 0. The van der Waals surface area contributed by atoms with Gasteiger partial charge in [-0.15, -0.1) is 0 Å². The number of fused-ring (bicyclic) bond motifs is 16. The van der Waals surface area contributed by atoms with Crippen LogP contribution in [0.3, 0.4) is 0 Å². The highest BCUT2D eigenvalue weighted by molar-refractivity contribution is 6.27. The zero-order chi connectivity index (χ0) is 45.9. The van der Waals surface area contributed by atoms with E-state index in [-0.39, 0.29) is 0 Å². The number of hydrogen-bond donors (Lipinski definition) is 0. The smallest absolute Gasteiger partial charge is 0.0709 e. The van der Waals surface area contributed by atoms with Crippen molar-refractivity contribution < 1.29 is 0 Å². The van der Waals surface area contributed by atoms with Crippen molar-refractivity contribution in [3.63, 3.8) is 0 Å². The number of para-hydroxylation sites is 7. The van der Waals surface area contributed by atoms with Crippen LogP contribution in [-0.4, -0.2) is 18.3 Å². The minimum Gasteiger partial charge on any atom is -0.309 e. The quantitative estimate of drug-likeness (QED) is 0.157. The molecule has 70 heavy (non-hydrogen) atoms. The number of aromatic nitrogens is 4. The fourth-order valence-electron chi connectivity index (χ4n) is 11.8. The van der Waals surface area contributed by atoms with E-state index in [4.69, 9.17) is 0 Å². The standard InChI is InChI=1S/C66H42N4/c1-3-19-43(20-4-1)67-63-33-17-18-34-64(63)68(44-21-5-2-6-22-44)66-42-57-50-26-10-9-25-49(50)55-39-45(35-37-51(55)47-23-7-8-24-48(47)56(57)41-65(66)67)70-61-32-16-13-29-54(61)58-40-46(36-38-62(58)70)69-59-30-14-11-27-52(59)53-28-12-15-31-60(53)69/h1-42H. The number of benzene rings is 11. The average Bonchev–Trinajstić information content (AvgIpc) is 3.94. The topological polar surface area (TPSA) is 19.7 Å². The van der Waals surface area contributed by atoms with Gasteiger partial charge in [-0.2, -0.15) is 0 Å². The zero-order valence-electron chi connectivity index (χ0n) is 38.0. The lowest BCUT2D eigenvalue weighted by Gasteiger charge is -2.23. The summed E-state index contributed by atoms with van der Waals surface area (Å²) < 4.78 is 9.77. The molecule has 0 radical (unpaired) electrons. The van der Waals surface area contributed by atoms with Crippen LogP contribution in [0.1, 0.15) is 0 Å². The largest absolute Gasteiger partial charge is 0.309 e. The molecule has 0 aliphatic rings. The van der Waals surface area contributed by atoms with Gasteiger partial charge in [0, 0.05) is 44.3 Å². The van der Waals surface area contributed by atoms with Crippen LogP contribution < -0.4 is 0 Å². The molecule has 0 bridgehead atoms. The van der Waals surface area contributed by atoms with E-state index in [1.165, 1.54) is 86.7 Å². The first-order valence-corrected chi connectivity index (χ1v) is 24.1. The maximum atomic E-state index is 2.46. The number of nitrogens with zero attached hydrogens (tertiary/aromatic N) is 4. The molecule has 0 saturated carbocycles. The van der Waals surface area contributed by atoms with Crippen molar-refractivity contribution in [2.75, 3.05) is 0 Å². The Kier molecular flexibility index (Phi) is 8.33. The lowest BCUT2D eigenvalue weighted by molar-refractivity contribution is 1.09. The van der Waals surface area contributed by atoms with E-state index < -0.39 is 0 Å². The van der Waals surface area contributed by atoms with Crippen LogP contribution in [0, 0.1) is 0 Å². The van der Waals surface area contributed by atoms with E-state index in [0.717, 1.165) is 44.8 Å². The normalized spacial score (nSPS) is 12.0. The molecule has 0 fully saturated rings. The minimum absolute atomic E-state index is 1.12. The summed E-state index contributed by atoms with van der Waals surface area (Å²) in [5.74, 6) is 0. The summed E-state index contributed by atoms with van der Waals surface area (Å²) in [6.07, 6.45) is 0. The Labute approximate surface area is 402 Å². The van der Waals surface area contributed by atoms with Crippen molar-refractivity contribution in [3.05, 3.63) is 255 Å². The molecule has 0 spiro atoms. The van der Waals surface area contributed by atoms with Gasteiger partial charge < -0.3 is 18.3 Å². The maximum absolute atomic E-state index is 2.46. The Bertz CT molecular complexity index is 4650. The Balaban J connectivity index is 1.05. The van der Waals surface area contributed by atoms with E-state index in [9.17, 15) is 0 Å². The van der Waals surface area contributed by atoms with Crippen molar-refractivity contribution in [1.29, 1.82) is 0 Å². The molecule has 0 atom stereocenters. The molecule has 12 aromatic carbocycles. The Morgan fingerprint density at radius 1 is 0.143 bits per heavy atom. The van der Waals surface area contributed by atoms with Gasteiger partial charge in [-0.1, -0.05) is 158 Å². The molecule has 15 aromatic rings. The molecular formula is C66H42N4. The summed E-state index contributed by atoms with van der Waals surface area (Å²) in [6, 6.07) is 93.8. The first-order chi connectivity index (χ1) is 34.8. The van der Waals surface area contributed by atoms with E-state index >= 15 is 0 Å².